The topological polar surface area (TPSA) is 101 Å². The first-order chi connectivity index (χ1) is 13.7. The van der Waals surface area contributed by atoms with E-state index in [0.717, 1.165) is 34.5 Å². The number of hydrogen-bond donors (Lipinski definition) is 2. The number of fused-ring (bicyclic) bond motifs is 3. The number of nitrogens with zero attached hydrogens (tertiary/aromatic N) is 3. The van der Waals surface area contributed by atoms with Gasteiger partial charge in [-0.05, 0) is 43.1 Å². The number of carbonyl (C=O) groups is 1. The minimum Gasteiger partial charge on any atom is -0.301 e. The molecule has 154 valence electrons. The number of aromatic amines is 1. The molecule has 2 N–H and O–H groups in total. The molecule has 0 bridgehead atoms. The van der Waals surface area contributed by atoms with Crippen LogP contribution >= 0.6 is 34.4 Å². The third-order valence-electron chi connectivity index (χ3n) is 5.23. The van der Waals surface area contributed by atoms with Crippen LogP contribution < -0.4 is 10.9 Å². The lowest BCUT2D eigenvalue weighted by atomic mass is 9.72. The molecule has 10 heteroatoms. The lowest BCUT2D eigenvalue weighted by Crippen LogP contribution is -2.26. The van der Waals surface area contributed by atoms with Crippen molar-refractivity contribution in [3.63, 3.8) is 0 Å². The number of rotatable bonds is 4. The van der Waals surface area contributed by atoms with Gasteiger partial charge in [0.15, 0.2) is 5.16 Å². The van der Waals surface area contributed by atoms with Gasteiger partial charge >= 0.3 is 0 Å². The van der Waals surface area contributed by atoms with Crippen LogP contribution in [0.15, 0.2) is 9.95 Å². The maximum atomic E-state index is 12.7. The molecule has 3 aromatic rings. The normalized spacial score (nSPS) is 16.8. The molecule has 0 saturated carbocycles. The molecule has 0 radical (unpaired) electrons. The first-order valence-electron chi connectivity index (χ1n) is 9.48. The molecule has 4 rings (SSSR count). The van der Waals surface area contributed by atoms with Gasteiger partial charge in [-0.2, -0.15) is 0 Å². The van der Waals surface area contributed by atoms with E-state index in [-0.39, 0.29) is 22.6 Å². The Hall–Kier alpha value is -1.78. The van der Waals surface area contributed by atoms with Crippen molar-refractivity contribution in [3.05, 3.63) is 25.8 Å². The molecule has 1 aliphatic carbocycles. The molecule has 0 aliphatic heterocycles. The van der Waals surface area contributed by atoms with Crippen molar-refractivity contribution in [2.24, 2.45) is 11.3 Å². The minimum absolute atomic E-state index is 0.107. The summed E-state index contributed by atoms with van der Waals surface area (Å²) in [6.07, 6.45) is 3.03. The fourth-order valence-electron chi connectivity index (χ4n) is 3.61. The zero-order chi connectivity index (χ0) is 20.8. The van der Waals surface area contributed by atoms with Crippen molar-refractivity contribution in [1.82, 2.24) is 20.2 Å². The van der Waals surface area contributed by atoms with E-state index in [4.69, 9.17) is 0 Å². The van der Waals surface area contributed by atoms with E-state index in [0.29, 0.717) is 16.2 Å². The van der Waals surface area contributed by atoms with Crippen molar-refractivity contribution < 1.29 is 4.79 Å². The highest BCUT2D eigenvalue weighted by Crippen LogP contribution is 2.42. The molecule has 1 unspecified atom stereocenters. The molecular formula is C19H23N5O2S3. The van der Waals surface area contributed by atoms with Crippen LogP contribution in [0.1, 0.15) is 42.6 Å². The van der Waals surface area contributed by atoms with Gasteiger partial charge in [0, 0.05) is 4.88 Å². The predicted molar refractivity (Wildman–Crippen MR) is 119 cm³/mol. The van der Waals surface area contributed by atoms with Gasteiger partial charge in [0.25, 0.3) is 5.56 Å². The molecule has 0 fully saturated rings. The first kappa shape index (κ1) is 20.5. The minimum atomic E-state index is -0.201. The van der Waals surface area contributed by atoms with Gasteiger partial charge in [0.2, 0.25) is 11.0 Å². The zero-order valence-corrected chi connectivity index (χ0v) is 19.2. The van der Waals surface area contributed by atoms with E-state index in [9.17, 15) is 9.59 Å². The van der Waals surface area contributed by atoms with Gasteiger partial charge in [-0.1, -0.05) is 43.9 Å². The standard InChI is InChI=1S/C19H23N5O2S3/c1-9-23-24-18(28-9)20-13(25)8-27-17-21-15(26)14-11-6-5-10(19(2,3)4)7-12(11)29-16(14)22-17/h10H,5-8H2,1-4H3,(H,20,24,25)(H,21,22,26). The highest BCUT2D eigenvalue weighted by molar-refractivity contribution is 7.99. The monoisotopic (exact) mass is 449 g/mol. The predicted octanol–water partition coefficient (Wildman–Crippen LogP) is 4.03. The Kier molecular flexibility index (Phi) is 5.52. The van der Waals surface area contributed by atoms with Crippen LogP contribution in [0, 0.1) is 18.3 Å². The summed E-state index contributed by atoms with van der Waals surface area (Å²) in [7, 11) is 0. The number of aromatic nitrogens is 4. The molecule has 1 aliphatic rings. The Balaban J connectivity index is 1.51. The lowest BCUT2D eigenvalue weighted by Gasteiger charge is -2.33. The van der Waals surface area contributed by atoms with Crippen LogP contribution in [0.5, 0.6) is 0 Å². The summed E-state index contributed by atoms with van der Waals surface area (Å²) in [5, 5.41) is 12.9. The average Bonchev–Trinajstić information content (AvgIpc) is 3.21. The smallest absolute Gasteiger partial charge is 0.260 e. The van der Waals surface area contributed by atoms with Gasteiger partial charge in [0.1, 0.15) is 9.84 Å². The summed E-state index contributed by atoms with van der Waals surface area (Å²) in [5.41, 5.74) is 1.32. The van der Waals surface area contributed by atoms with Crippen LogP contribution in [-0.4, -0.2) is 31.8 Å². The van der Waals surface area contributed by atoms with Crippen molar-refractivity contribution in [1.29, 1.82) is 0 Å². The van der Waals surface area contributed by atoms with Gasteiger partial charge < -0.3 is 4.98 Å². The van der Waals surface area contributed by atoms with Gasteiger partial charge in [0.05, 0.1) is 11.1 Å². The molecule has 1 amide bonds. The second-order valence-corrected chi connectivity index (χ2v) is 11.6. The Labute approximate surface area is 180 Å². The van der Waals surface area contributed by atoms with Gasteiger partial charge in [-0.3, -0.25) is 14.9 Å². The van der Waals surface area contributed by atoms with Crippen LogP contribution in [0.3, 0.4) is 0 Å². The number of aryl methyl sites for hydroxylation is 2. The maximum Gasteiger partial charge on any atom is 0.260 e. The Morgan fingerprint density at radius 2 is 2.10 bits per heavy atom. The maximum absolute atomic E-state index is 12.7. The second-order valence-electron chi connectivity index (χ2n) is 8.32. The van der Waals surface area contributed by atoms with Crippen molar-refractivity contribution in [2.75, 3.05) is 11.1 Å². The lowest BCUT2D eigenvalue weighted by molar-refractivity contribution is -0.113. The number of thioether (sulfide) groups is 1. The Bertz CT molecular complexity index is 1130. The number of amides is 1. The first-order valence-corrected chi connectivity index (χ1v) is 12.1. The van der Waals surface area contributed by atoms with Crippen LogP contribution in [0.2, 0.25) is 0 Å². The molecule has 0 saturated heterocycles. The van der Waals surface area contributed by atoms with E-state index in [1.54, 1.807) is 11.3 Å². The number of carbonyl (C=O) groups excluding carboxylic acids is 1. The van der Waals surface area contributed by atoms with E-state index in [1.807, 2.05) is 6.92 Å². The quantitative estimate of drug-likeness (QED) is 0.461. The number of thiophene rings is 1. The third kappa shape index (κ3) is 4.39. The number of H-pyrrole nitrogens is 1. The molecule has 3 heterocycles. The zero-order valence-electron chi connectivity index (χ0n) is 16.8. The SMILES string of the molecule is Cc1nnc(NC(=O)CSc2nc3sc4c(c3c(=O)[nH]2)CCC(C(C)(C)C)C4)s1. The molecule has 7 nitrogen and oxygen atoms in total. The van der Waals surface area contributed by atoms with Crippen molar-refractivity contribution in [2.45, 2.75) is 52.1 Å². The fourth-order valence-corrected chi connectivity index (χ4v) is 6.23. The largest absolute Gasteiger partial charge is 0.301 e. The number of hydrogen-bond acceptors (Lipinski definition) is 8. The van der Waals surface area contributed by atoms with E-state index < -0.39 is 0 Å². The third-order valence-corrected chi connectivity index (χ3v) is 8.01. The van der Waals surface area contributed by atoms with Crippen molar-refractivity contribution in [3.8, 4) is 0 Å². The molecular weight excluding hydrogens is 426 g/mol. The average molecular weight is 450 g/mol. The summed E-state index contributed by atoms with van der Waals surface area (Å²) in [6.45, 7) is 8.67. The van der Waals surface area contributed by atoms with Crippen molar-refractivity contribution >= 4 is 55.7 Å². The Morgan fingerprint density at radius 1 is 1.31 bits per heavy atom. The number of anilines is 1. The molecule has 3 aromatic heterocycles. The highest BCUT2D eigenvalue weighted by atomic mass is 32.2. The van der Waals surface area contributed by atoms with E-state index in [2.05, 4.69) is 46.3 Å². The van der Waals surface area contributed by atoms with Crippen LogP contribution in [-0.2, 0) is 17.6 Å². The Morgan fingerprint density at radius 3 is 2.79 bits per heavy atom. The van der Waals surface area contributed by atoms with Crippen LogP contribution in [0.4, 0.5) is 5.13 Å². The molecule has 0 spiro atoms. The van der Waals surface area contributed by atoms with Gasteiger partial charge in [-0.15, -0.1) is 21.5 Å². The van der Waals surface area contributed by atoms with Crippen LogP contribution in [0.25, 0.3) is 10.2 Å². The van der Waals surface area contributed by atoms with Gasteiger partial charge in [-0.25, -0.2) is 4.98 Å². The summed E-state index contributed by atoms with van der Waals surface area (Å²) in [4.78, 5) is 34.4. The summed E-state index contributed by atoms with van der Waals surface area (Å²) in [6, 6.07) is 0. The second kappa shape index (κ2) is 7.81. The summed E-state index contributed by atoms with van der Waals surface area (Å²) >= 11 is 4.17. The molecule has 0 aromatic carbocycles. The van der Waals surface area contributed by atoms with E-state index >= 15 is 0 Å². The number of nitrogens with one attached hydrogen (secondary N) is 2. The summed E-state index contributed by atoms with van der Waals surface area (Å²) in [5.74, 6) is 0.556. The fraction of sp³-hybridized carbons (Fsp3) is 0.526. The molecule has 1 atom stereocenters. The molecule has 29 heavy (non-hydrogen) atoms. The highest BCUT2D eigenvalue weighted by Gasteiger charge is 2.31. The summed E-state index contributed by atoms with van der Waals surface area (Å²) < 4.78 is 0. The van der Waals surface area contributed by atoms with E-state index in [1.165, 1.54) is 33.5 Å².